The van der Waals surface area contributed by atoms with Gasteiger partial charge in [-0.3, -0.25) is 4.90 Å². The zero-order chi connectivity index (χ0) is 26.0. The largest absolute Gasteiger partial charge is 0.392 e. The summed E-state index contributed by atoms with van der Waals surface area (Å²) in [6, 6.07) is -0.110. The first-order chi connectivity index (χ1) is 17.2. The lowest BCUT2D eigenvalue weighted by molar-refractivity contribution is -0.326. The van der Waals surface area contributed by atoms with Crippen molar-refractivity contribution in [3.05, 3.63) is 0 Å². The van der Waals surface area contributed by atoms with Gasteiger partial charge in [0.2, 0.25) is 0 Å². The average Bonchev–Trinajstić information content (AvgIpc) is 3.21. The minimum atomic E-state index is -1.63. The van der Waals surface area contributed by atoms with E-state index in [1.165, 1.54) is 7.11 Å². The Kier molecular flexibility index (Phi) is 5.79. The molecule has 10 heteroatoms. The van der Waals surface area contributed by atoms with Crippen molar-refractivity contribution < 1.29 is 44.1 Å². The van der Waals surface area contributed by atoms with Crippen LogP contribution in [0.5, 0.6) is 0 Å². The summed E-state index contributed by atoms with van der Waals surface area (Å²) in [5, 5.41) is 47.5. The lowest BCUT2D eigenvalue weighted by Gasteiger charge is -2.70. The van der Waals surface area contributed by atoms with Gasteiger partial charge in [-0.2, -0.15) is 0 Å². The van der Waals surface area contributed by atoms with Crippen LogP contribution in [-0.2, 0) is 23.7 Å². The molecule has 0 aromatic heterocycles. The molecule has 4 N–H and O–H groups in total. The molecule has 10 nitrogen and oxygen atoms in total. The number of piperidine rings is 1. The Labute approximate surface area is 212 Å². The van der Waals surface area contributed by atoms with Gasteiger partial charge < -0.3 is 44.1 Å². The van der Waals surface area contributed by atoms with Gasteiger partial charge in [0, 0.05) is 83.1 Å². The third-order valence-electron chi connectivity index (χ3n) is 12.0. The van der Waals surface area contributed by atoms with Crippen LogP contribution in [0.25, 0.3) is 0 Å². The molecule has 1 spiro atoms. The highest BCUT2D eigenvalue weighted by Gasteiger charge is 2.90. The molecular weight excluding hydrogens is 470 g/mol. The van der Waals surface area contributed by atoms with Crippen LogP contribution < -0.4 is 0 Å². The first-order valence-corrected chi connectivity index (χ1v) is 13.3. The van der Waals surface area contributed by atoms with Crippen molar-refractivity contribution >= 4 is 0 Å². The number of ether oxygens (including phenoxy) is 5. The third-order valence-corrected chi connectivity index (χ3v) is 12.0. The molecule has 6 fully saturated rings. The van der Waals surface area contributed by atoms with Gasteiger partial charge in [0.25, 0.3) is 0 Å². The van der Waals surface area contributed by atoms with E-state index in [0.29, 0.717) is 26.1 Å². The Morgan fingerprint density at radius 1 is 0.944 bits per heavy atom. The van der Waals surface area contributed by atoms with Gasteiger partial charge in [0.1, 0.15) is 23.4 Å². The summed E-state index contributed by atoms with van der Waals surface area (Å²) in [4.78, 5) is 2.39. The summed E-state index contributed by atoms with van der Waals surface area (Å²) in [5.74, 6) is -1.36. The predicted octanol–water partition coefficient (Wildman–Crippen LogP) is -1.13. The second kappa shape index (κ2) is 8.06. The topological polar surface area (TPSA) is 130 Å². The molecule has 0 aromatic carbocycles. The quantitative estimate of drug-likeness (QED) is 0.332. The van der Waals surface area contributed by atoms with Gasteiger partial charge in [0.05, 0.1) is 31.0 Å². The number of hydrogen-bond acceptors (Lipinski definition) is 10. The minimum absolute atomic E-state index is 0.110. The molecular formula is C26H43NO9. The van der Waals surface area contributed by atoms with E-state index in [4.69, 9.17) is 23.7 Å². The molecule has 36 heavy (non-hydrogen) atoms. The van der Waals surface area contributed by atoms with Crippen molar-refractivity contribution in [1.29, 1.82) is 0 Å². The van der Waals surface area contributed by atoms with Gasteiger partial charge in [-0.1, -0.05) is 6.92 Å². The second-order valence-electron chi connectivity index (χ2n) is 12.3. The maximum absolute atomic E-state index is 12.0. The Bertz CT molecular complexity index is 893. The van der Waals surface area contributed by atoms with Crippen molar-refractivity contribution in [1.82, 2.24) is 4.90 Å². The van der Waals surface area contributed by atoms with E-state index in [9.17, 15) is 20.4 Å². The van der Waals surface area contributed by atoms with Gasteiger partial charge in [0.15, 0.2) is 0 Å². The van der Waals surface area contributed by atoms with Gasteiger partial charge in [-0.25, -0.2) is 0 Å². The van der Waals surface area contributed by atoms with Gasteiger partial charge in [-0.15, -0.1) is 0 Å². The van der Waals surface area contributed by atoms with Crippen molar-refractivity contribution in [2.75, 3.05) is 55.2 Å². The molecule has 7 bridgehead atoms. The molecule has 0 aromatic rings. The smallest absolute Gasteiger partial charge is 0.120 e. The highest BCUT2D eigenvalue weighted by atomic mass is 16.5. The SMILES string of the molecule is CCN1C[C@]2(COC)C(O)C[C@H](OC)[C@@]34[C@@H]5C[C@]6(O)[C@H](O)[C@@H]5[C@@](OC)([C@@H]([C@H](OC)[C@H]23)[C@@H]14)[C@@H](O)[C@@H]6OC. The molecule has 6 aliphatic rings. The van der Waals surface area contributed by atoms with Crippen molar-refractivity contribution in [3.63, 3.8) is 0 Å². The van der Waals surface area contributed by atoms with Crippen LogP contribution in [0.2, 0.25) is 0 Å². The van der Waals surface area contributed by atoms with Crippen LogP contribution in [0.3, 0.4) is 0 Å². The molecule has 0 radical (unpaired) electrons. The zero-order valence-electron chi connectivity index (χ0n) is 22.2. The highest BCUT2D eigenvalue weighted by Crippen LogP contribution is 2.80. The average molecular weight is 514 g/mol. The fourth-order valence-corrected chi connectivity index (χ4v) is 11.4. The molecule has 1 saturated heterocycles. The minimum Gasteiger partial charge on any atom is -0.392 e. The summed E-state index contributed by atoms with van der Waals surface area (Å²) in [6.45, 7) is 3.79. The molecule has 15 atom stereocenters. The number of nitrogens with zero attached hydrogens (tertiary/aromatic N) is 1. The lowest BCUT2D eigenvalue weighted by Crippen LogP contribution is -2.81. The number of hydrogen-bond donors (Lipinski definition) is 4. The second-order valence-corrected chi connectivity index (χ2v) is 12.3. The summed E-state index contributed by atoms with van der Waals surface area (Å²) in [5.41, 5.74) is -4.05. The molecule has 1 unspecified atom stereocenters. The van der Waals surface area contributed by atoms with Crippen molar-refractivity contribution in [2.45, 2.75) is 73.6 Å². The summed E-state index contributed by atoms with van der Waals surface area (Å²) >= 11 is 0. The maximum Gasteiger partial charge on any atom is 0.120 e. The van der Waals surface area contributed by atoms with Gasteiger partial charge >= 0.3 is 0 Å². The molecule has 5 saturated carbocycles. The first kappa shape index (κ1) is 25.9. The fraction of sp³-hybridized carbons (Fsp3) is 1.00. The number of rotatable bonds is 7. The Morgan fingerprint density at radius 2 is 1.67 bits per heavy atom. The fourth-order valence-electron chi connectivity index (χ4n) is 11.4. The first-order valence-electron chi connectivity index (χ1n) is 13.3. The molecule has 206 valence electrons. The monoisotopic (exact) mass is 513 g/mol. The number of methoxy groups -OCH3 is 5. The number of aliphatic hydroxyl groups is 4. The molecule has 5 aliphatic carbocycles. The van der Waals surface area contributed by atoms with E-state index in [1.807, 2.05) is 0 Å². The van der Waals surface area contributed by atoms with E-state index in [-0.39, 0.29) is 36.3 Å². The van der Waals surface area contributed by atoms with E-state index >= 15 is 0 Å². The van der Waals surface area contributed by atoms with E-state index in [1.54, 1.807) is 28.4 Å². The summed E-state index contributed by atoms with van der Waals surface area (Å²) in [6.07, 6.45) is -4.10. The highest BCUT2D eigenvalue weighted by molar-refractivity contribution is 5.40. The van der Waals surface area contributed by atoms with E-state index in [2.05, 4.69) is 11.8 Å². The van der Waals surface area contributed by atoms with Gasteiger partial charge in [-0.05, 0) is 18.9 Å². The Hall–Kier alpha value is -0.400. The normalized spacial score (nSPS) is 61.0. The van der Waals surface area contributed by atoms with Crippen LogP contribution in [0.15, 0.2) is 0 Å². The van der Waals surface area contributed by atoms with Crippen molar-refractivity contribution in [2.24, 2.45) is 34.5 Å². The number of aliphatic hydroxyl groups excluding tert-OH is 3. The lowest BCUT2D eigenvalue weighted by atomic mass is 9.42. The maximum atomic E-state index is 12.0. The molecule has 1 aliphatic heterocycles. The Balaban J connectivity index is 1.70. The number of likely N-dealkylation sites (tertiary alicyclic amines) is 1. The third kappa shape index (κ3) is 2.38. The molecule has 6 rings (SSSR count). The summed E-state index contributed by atoms with van der Waals surface area (Å²) in [7, 11) is 8.09. The zero-order valence-corrected chi connectivity index (χ0v) is 22.2. The Morgan fingerprint density at radius 3 is 2.22 bits per heavy atom. The predicted molar refractivity (Wildman–Crippen MR) is 126 cm³/mol. The van der Waals surface area contributed by atoms with Crippen molar-refractivity contribution in [3.8, 4) is 0 Å². The van der Waals surface area contributed by atoms with Crippen LogP contribution >= 0.6 is 0 Å². The summed E-state index contributed by atoms with van der Waals surface area (Å²) < 4.78 is 30.6. The molecule has 0 amide bonds. The number of fused-ring (bicyclic) bond motifs is 2. The van der Waals surface area contributed by atoms with Crippen LogP contribution in [0.4, 0.5) is 0 Å². The standard InChI is InChI=1S/C26H43NO9/c1-7-27-10-23(11-32-2)13(28)8-14(33-3)25-12-9-24(31)20(29)15(12)26(36-6,21(30)22(24)35-5)16(19(25)27)17(34-4)18(23)25/h12-22,28-31H,7-11H2,1-6H3/t12-,13?,14+,15-,16+,17+,18-,19-,20-,21+,22+,23+,24+,25+,26-/m1/s1. The van der Waals surface area contributed by atoms with E-state index < -0.39 is 58.5 Å². The molecule has 1 heterocycles. The van der Waals surface area contributed by atoms with Crippen LogP contribution in [0, 0.1) is 34.5 Å². The van der Waals surface area contributed by atoms with Crippen LogP contribution in [0.1, 0.15) is 19.8 Å². The van der Waals surface area contributed by atoms with Crippen LogP contribution in [-0.4, -0.2) is 134 Å². The van der Waals surface area contributed by atoms with E-state index in [0.717, 1.165) is 0 Å².